The van der Waals surface area contributed by atoms with Crippen LogP contribution in [0.1, 0.15) is 38.1 Å². The Morgan fingerprint density at radius 2 is 2.05 bits per heavy atom. The van der Waals surface area contributed by atoms with E-state index in [0.717, 1.165) is 0 Å². The molecule has 2 N–H and O–H groups in total. The van der Waals surface area contributed by atoms with Crippen LogP contribution < -0.4 is 10.1 Å². The van der Waals surface area contributed by atoms with E-state index in [9.17, 15) is 9.90 Å². The summed E-state index contributed by atoms with van der Waals surface area (Å²) >= 11 is 0. The highest BCUT2D eigenvalue weighted by Gasteiger charge is 2.21. The molecule has 4 nitrogen and oxygen atoms in total. The molecule has 106 valence electrons. The Kier molecular flexibility index (Phi) is 4.81. The van der Waals surface area contributed by atoms with Crippen LogP contribution in [0.15, 0.2) is 18.2 Å². The molecule has 1 rings (SSSR count). The largest absolute Gasteiger partial charge is 0.504 e. The number of benzene rings is 1. The van der Waals surface area contributed by atoms with Crippen molar-refractivity contribution in [2.45, 2.75) is 27.7 Å². The minimum atomic E-state index is -0.285. The lowest BCUT2D eigenvalue weighted by Gasteiger charge is -2.27. The van der Waals surface area contributed by atoms with Crippen molar-refractivity contribution in [1.82, 2.24) is 5.32 Å². The second kappa shape index (κ2) is 5.95. The van der Waals surface area contributed by atoms with E-state index < -0.39 is 0 Å². The van der Waals surface area contributed by atoms with E-state index in [1.807, 2.05) is 0 Å². The van der Waals surface area contributed by atoms with Crippen LogP contribution in [-0.2, 0) is 0 Å². The number of phenolic OH excluding ortho intramolecular Hbond substituents is 1. The van der Waals surface area contributed by atoms with Crippen LogP contribution in [0.5, 0.6) is 11.5 Å². The van der Waals surface area contributed by atoms with Crippen molar-refractivity contribution in [2.24, 2.45) is 11.3 Å². The maximum Gasteiger partial charge on any atom is 0.255 e. The third-order valence-electron chi connectivity index (χ3n) is 3.51. The molecule has 1 aromatic carbocycles. The zero-order valence-corrected chi connectivity index (χ0v) is 12.3. The van der Waals surface area contributed by atoms with Crippen molar-refractivity contribution in [2.75, 3.05) is 13.7 Å². The van der Waals surface area contributed by atoms with Crippen molar-refractivity contribution >= 4 is 5.91 Å². The predicted molar refractivity (Wildman–Crippen MR) is 75.6 cm³/mol. The van der Waals surface area contributed by atoms with Crippen LogP contribution in [0, 0.1) is 11.3 Å². The van der Waals surface area contributed by atoms with E-state index in [4.69, 9.17) is 4.74 Å². The minimum absolute atomic E-state index is 0.120. The van der Waals surface area contributed by atoms with Gasteiger partial charge in [0, 0.05) is 6.54 Å². The Morgan fingerprint density at radius 3 is 2.58 bits per heavy atom. The van der Waals surface area contributed by atoms with Crippen molar-refractivity contribution in [3.63, 3.8) is 0 Å². The summed E-state index contributed by atoms with van der Waals surface area (Å²) < 4.78 is 4.99. The lowest BCUT2D eigenvalue weighted by Crippen LogP contribution is -2.33. The van der Waals surface area contributed by atoms with Crippen LogP contribution in [0.2, 0.25) is 0 Å². The molecule has 0 fully saturated rings. The molecule has 0 aliphatic rings. The minimum Gasteiger partial charge on any atom is -0.504 e. The van der Waals surface area contributed by atoms with Gasteiger partial charge < -0.3 is 15.2 Å². The molecule has 1 amide bonds. The number of methoxy groups -OCH3 is 1. The summed E-state index contributed by atoms with van der Waals surface area (Å²) in [6.45, 7) is 9.05. The number of carbonyl (C=O) groups excluding carboxylic acids is 1. The van der Waals surface area contributed by atoms with E-state index in [-0.39, 0.29) is 22.6 Å². The lowest BCUT2D eigenvalue weighted by atomic mass is 9.82. The van der Waals surface area contributed by atoms with Gasteiger partial charge in [0.1, 0.15) is 0 Å². The van der Waals surface area contributed by atoms with Gasteiger partial charge in [-0.2, -0.15) is 0 Å². The SMILES string of the molecule is COc1cccc(C(=O)NCC(C)C(C)(C)C)c1O. The summed E-state index contributed by atoms with van der Waals surface area (Å²) in [5, 5.41) is 12.7. The first-order valence-corrected chi connectivity index (χ1v) is 6.41. The first-order chi connectivity index (χ1) is 8.77. The first-order valence-electron chi connectivity index (χ1n) is 6.41. The second-order valence-corrected chi connectivity index (χ2v) is 5.83. The molecular weight excluding hydrogens is 242 g/mol. The zero-order chi connectivity index (χ0) is 14.6. The molecule has 0 aromatic heterocycles. The fraction of sp³-hybridized carbons (Fsp3) is 0.533. The van der Waals surface area contributed by atoms with Gasteiger partial charge in [0.05, 0.1) is 12.7 Å². The maximum atomic E-state index is 12.0. The number of phenols is 1. The fourth-order valence-corrected chi connectivity index (χ4v) is 1.52. The third kappa shape index (κ3) is 3.88. The van der Waals surface area contributed by atoms with Crippen LogP contribution in [0.4, 0.5) is 0 Å². The Bertz CT molecular complexity index is 449. The van der Waals surface area contributed by atoms with E-state index in [2.05, 4.69) is 33.0 Å². The van der Waals surface area contributed by atoms with Crippen molar-refractivity contribution < 1.29 is 14.6 Å². The Morgan fingerprint density at radius 1 is 1.42 bits per heavy atom. The van der Waals surface area contributed by atoms with Gasteiger partial charge in [0.25, 0.3) is 5.91 Å². The lowest BCUT2D eigenvalue weighted by molar-refractivity contribution is 0.0934. The number of ether oxygens (including phenoxy) is 1. The molecule has 4 heteroatoms. The molecule has 0 aliphatic carbocycles. The van der Waals surface area contributed by atoms with Crippen molar-refractivity contribution in [1.29, 1.82) is 0 Å². The van der Waals surface area contributed by atoms with E-state index in [1.54, 1.807) is 18.2 Å². The highest BCUT2D eigenvalue weighted by atomic mass is 16.5. The fourth-order valence-electron chi connectivity index (χ4n) is 1.52. The quantitative estimate of drug-likeness (QED) is 0.880. The maximum absolute atomic E-state index is 12.0. The highest BCUT2D eigenvalue weighted by Crippen LogP contribution is 2.29. The molecule has 0 saturated carbocycles. The van der Waals surface area contributed by atoms with Gasteiger partial charge >= 0.3 is 0 Å². The Balaban J connectivity index is 2.75. The van der Waals surface area contributed by atoms with Gasteiger partial charge in [-0.1, -0.05) is 33.8 Å². The van der Waals surface area contributed by atoms with Crippen molar-refractivity contribution in [3.05, 3.63) is 23.8 Å². The number of hydrogen-bond acceptors (Lipinski definition) is 3. The molecule has 1 atom stereocenters. The van der Waals surface area contributed by atoms with Crippen LogP contribution in [0.3, 0.4) is 0 Å². The molecule has 1 unspecified atom stereocenters. The van der Waals surface area contributed by atoms with Gasteiger partial charge in [-0.3, -0.25) is 4.79 Å². The molecule has 19 heavy (non-hydrogen) atoms. The van der Waals surface area contributed by atoms with Crippen LogP contribution >= 0.6 is 0 Å². The molecule has 0 radical (unpaired) electrons. The molecule has 0 saturated heterocycles. The molecule has 1 aromatic rings. The molecular formula is C15H23NO3. The summed E-state index contributed by atoms with van der Waals surface area (Å²) in [4.78, 5) is 12.0. The summed E-state index contributed by atoms with van der Waals surface area (Å²) in [7, 11) is 1.46. The van der Waals surface area contributed by atoms with Gasteiger partial charge in [-0.05, 0) is 23.5 Å². The van der Waals surface area contributed by atoms with Gasteiger partial charge in [-0.25, -0.2) is 0 Å². The number of rotatable bonds is 4. The normalized spacial score (nSPS) is 12.9. The Labute approximate surface area is 114 Å². The molecule has 0 heterocycles. The van der Waals surface area contributed by atoms with E-state index in [0.29, 0.717) is 18.2 Å². The summed E-state index contributed by atoms with van der Waals surface area (Å²) in [5.74, 6) is 0.235. The second-order valence-electron chi connectivity index (χ2n) is 5.83. The number of amides is 1. The number of para-hydroxylation sites is 1. The predicted octanol–water partition coefficient (Wildman–Crippen LogP) is 2.81. The van der Waals surface area contributed by atoms with Crippen molar-refractivity contribution in [3.8, 4) is 11.5 Å². The summed E-state index contributed by atoms with van der Waals surface area (Å²) in [5.41, 5.74) is 0.365. The standard InChI is InChI=1S/C15H23NO3/c1-10(15(2,3)4)9-16-14(18)11-7-6-8-12(19-5)13(11)17/h6-8,10,17H,9H2,1-5H3,(H,16,18). The highest BCUT2D eigenvalue weighted by molar-refractivity contribution is 5.97. The van der Waals surface area contributed by atoms with E-state index in [1.165, 1.54) is 7.11 Å². The molecule has 0 spiro atoms. The third-order valence-corrected chi connectivity index (χ3v) is 3.51. The number of nitrogens with one attached hydrogen (secondary N) is 1. The van der Waals surface area contributed by atoms with E-state index >= 15 is 0 Å². The molecule has 0 aliphatic heterocycles. The number of carbonyl (C=O) groups is 1. The summed E-state index contributed by atoms with van der Waals surface area (Å²) in [6.07, 6.45) is 0. The smallest absolute Gasteiger partial charge is 0.255 e. The number of hydrogen-bond donors (Lipinski definition) is 2. The van der Waals surface area contributed by atoms with Gasteiger partial charge in [0.2, 0.25) is 0 Å². The van der Waals surface area contributed by atoms with Gasteiger partial charge in [-0.15, -0.1) is 0 Å². The first kappa shape index (κ1) is 15.3. The number of aromatic hydroxyl groups is 1. The zero-order valence-electron chi connectivity index (χ0n) is 12.3. The van der Waals surface area contributed by atoms with Crippen LogP contribution in [0.25, 0.3) is 0 Å². The Hall–Kier alpha value is -1.71. The molecule has 0 bridgehead atoms. The monoisotopic (exact) mass is 265 g/mol. The summed E-state index contributed by atoms with van der Waals surface area (Å²) in [6, 6.07) is 4.87. The average molecular weight is 265 g/mol. The average Bonchev–Trinajstić information content (AvgIpc) is 2.34. The topological polar surface area (TPSA) is 58.6 Å². The van der Waals surface area contributed by atoms with Crippen LogP contribution in [-0.4, -0.2) is 24.7 Å². The van der Waals surface area contributed by atoms with Gasteiger partial charge in [0.15, 0.2) is 11.5 Å².